The molecule has 3 aromatic rings. The van der Waals surface area contributed by atoms with Crippen LogP contribution in [0.1, 0.15) is 17.3 Å². The van der Waals surface area contributed by atoms with Crippen LogP contribution >= 0.6 is 27.3 Å². The van der Waals surface area contributed by atoms with E-state index >= 15 is 0 Å². The van der Waals surface area contributed by atoms with Crippen LogP contribution in [0.4, 0.5) is 0 Å². The quantitative estimate of drug-likeness (QED) is 0.678. The number of esters is 1. The Bertz CT molecular complexity index is 781. The maximum atomic E-state index is 11.9. The molecule has 20 heavy (non-hydrogen) atoms. The lowest BCUT2D eigenvalue weighted by Gasteiger charge is -2.02. The molecule has 0 aliphatic heterocycles. The van der Waals surface area contributed by atoms with Gasteiger partial charge >= 0.3 is 5.97 Å². The highest BCUT2D eigenvalue weighted by Crippen LogP contribution is 2.31. The van der Waals surface area contributed by atoms with E-state index in [0.29, 0.717) is 17.8 Å². The summed E-state index contributed by atoms with van der Waals surface area (Å²) in [6.45, 7) is 2.10. The summed E-state index contributed by atoms with van der Waals surface area (Å²) < 4.78 is 7.70. The second-order valence-corrected chi connectivity index (χ2v) is 6.41. The first-order valence-corrected chi connectivity index (χ1v) is 7.57. The smallest absolute Gasteiger partial charge is 0.343 e. The Kier molecular flexibility index (Phi) is 3.54. The first kappa shape index (κ1) is 13.3. The number of halogens is 1. The Morgan fingerprint density at radius 1 is 1.45 bits per heavy atom. The highest BCUT2D eigenvalue weighted by Gasteiger charge is 2.17. The molecule has 0 saturated carbocycles. The predicted molar refractivity (Wildman–Crippen MR) is 80.0 cm³/mol. The lowest BCUT2D eigenvalue weighted by molar-refractivity contribution is 0.0528. The molecule has 0 bridgehead atoms. The zero-order valence-corrected chi connectivity index (χ0v) is 12.9. The van der Waals surface area contributed by atoms with E-state index in [9.17, 15) is 4.79 Å². The van der Waals surface area contributed by atoms with Gasteiger partial charge in [0.25, 0.3) is 0 Å². The van der Waals surface area contributed by atoms with Crippen molar-refractivity contribution in [3.05, 3.63) is 39.9 Å². The van der Waals surface area contributed by atoms with Crippen molar-refractivity contribution in [2.45, 2.75) is 6.92 Å². The van der Waals surface area contributed by atoms with Gasteiger partial charge < -0.3 is 4.74 Å². The van der Waals surface area contributed by atoms with Gasteiger partial charge in [-0.25, -0.2) is 14.3 Å². The zero-order chi connectivity index (χ0) is 14.1. The summed E-state index contributed by atoms with van der Waals surface area (Å²) in [5.41, 5.74) is 1.77. The van der Waals surface area contributed by atoms with Gasteiger partial charge in [-0.05, 0) is 41.1 Å². The molecule has 0 aromatic carbocycles. The molecule has 3 rings (SSSR count). The van der Waals surface area contributed by atoms with Gasteiger partial charge in [-0.1, -0.05) is 0 Å². The summed E-state index contributed by atoms with van der Waals surface area (Å²) >= 11 is 5.04. The van der Waals surface area contributed by atoms with Crippen molar-refractivity contribution in [2.75, 3.05) is 6.61 Å². The summed E-state index contributed by atoms with van der Waals surface area (Å²) in [5.74, 6) is -0.403. The summed E-state index contributed by atoms with van der Waals surface area (Å²) in [6.07, 6.45) is 3.16. The fraction of sp³-hybridized carbons (Fsp3) is 0.154. The minimum atomic E-state index is -0.403. The van der Waals surface area contributed by atoms with Crippen molar-refractivity contribution >= 4 is 38.9 Å². The minimum Gasteiger partial charge on any atom is -0.462 e. The van der Waals surface area contributed by atoms with Crippen molar-refractivity contribution in [2.24, 2.45) is 0 Å². The van der Waals surface area contributed by atoms with E-state index in [2.05, 4.69) is 26.0 Å². The number of thiophene rings is 1. The molecular weight excluding hydrogens is 342 g/mol. The van der Waals surface area contributed by atoms with Crippen LogP contribution in [-0.2, 0) is 4.74 Å². The molecule has 0 amide bonds. The molecule has 0 radical (unpaired) electrons. The van der Waals surface area contributed by atoms with Crippen molar-refractivity contribution < 1.29 is 9.53 Å². The van der Waals surface area contributed by atoms with Gasteiger partial charge in [-0.2, -0.15) is 5.10 Å². The molecule has 0 atom stereocenters. The van der Waals surface area contributed by atoms with E-state index in [1.54, 1.807) is 29.0 Å². The Balaban J connectivity index is 2.15. The lowest BCUT2D eigenvalue weighted by Crippen LogP contribution is -2.05. The molecule has 3 heterocycles. The number of carbonyl (C=O) groups excluding carboxylic acids is 1. The second kappa shape index (κ2) is 5.34. The van der Waals surface area contributed by atoms with Gasteiger partial charge in [0.05, 0.1) is 27.2 Å². The standard InChI is InChI=1S/C13H10BrN3O2S/c1-2-19-13(18)8-7-16-17-9(5-6-15-12(8)17)10-3-4-11(14)20-10/h3-7H,2H2,1H3. The molecule has 0 aliphatic carbocycles. The van der Waals surface area contributed by atoms with Gasteiger partial charge in [0, 0.05) is 6.20 Å². The summed E-state index contributed by atoms with van der Waals surface area (Å²) in [7, 11) is 0. The topological polar surface area (TPSA) is 56.5 Å². The van der Waals surface area contributed by atoms with Crippen LogP contribution < -0.4 is 0 Å². The number of aromatic nitrogens is 3. The van der Waals surface area contributed by atoms with E-state index in [-0.39, 0.29) is 0 Å². The SMILES string of the molecule is CCOC(=O)c1cnn2c(-c3ccc(Br)s3)ccnc12. The third-order valence-corrected chi connectivity index (χ3v) is 4.37. The number of ether oxygens (including phenoxy) is 1. The number of carbonyl (C=O) groups is 1. The molecule has 3 aromatic heterocycles. The van der Waals surface area contributed by atoms with Crippen LogP contribution in [0.5, 0.6) is 0 Å². The number of hydrogen-bond donors (Lipinski definition) is 0. The maximum absolute atomic E-state index is 11.9. The molecule has 0 spiro atoms. The Hall–Kier alpha value is -1.73. The van der Waals surface area contributed by atoms with E-state index in [4.69, 9.17) is 4.74 Å². The van der Waals surface area contributed by atoms with Crippen LogP contribution in [0.25, 0.3) is 16.2 Å². The van der Waals surface area contributed by atoms with Crippen LogP contribution in [-0.4, -0.2) is 27.2 Å². The monoisotopic (exact) mass is 351 g/mol. The molecule has 0 unspecified atom stereocenters. The third kappa shape index (κ3) is 2.23. The highest BCUT2D eigenvalue weighted by atomic mass is 79.9. The predicted octanol–water partition coefficient (Wildman–Crippen LogP) is 3.40. The van der Waals surface area contributed by atoms with Crippen molar-refractivity contribution in [3.63, 3.8) is 0 Å². The summed E-state index contributed by atoms with van der Waals surface area (Å²) in [4.78, 5) is 17.1. The number of nitrogens with zero attached hydrogens (tertiary/aromatic N) is 3. The van der Waals surface area contributed by atoms with Crippen molar-refractivity contribution in [1.82, 2.24) is 14.6 Å². The zero-order valence-electron chi connectivity index (χ0n) is 10.5. The third-order valence-electron chi connectivity index (χ3n) is 2.72. The number of rotatable bonds is 3. The van der Waals surface area contributed by atoms with E-state index in [1.807, 2.05) is 18.2 Å². The van der Waals surface area contributed by atoms with E-state index in [1.165, 1.54) is 6.20 Å². The number of fused-ring (bicyclic) bond motifs is 1. The molecule has 0 saturated heterocycles. The Labute approximate surface area is 127 Å². The van der Waals surface area contributed by atoms with Gasteiger partial charge in [0.1, 0.15) is 5.56 Å². The number of hydrogen-bond acceptors (Lipinski definition) is 5. The fourth-order valence-electron chi connectivity index (χ4n) is 1.88. The molecule has 7 heteroatoms. The summed E-state index contributed by atoms with van der Waals surface area (Å²) in [6, 6.07) is 5.84. The normalized spacial score (nSPS) is 10.9. The van der Waals surface area contributed by atoms with Crippen LogP contribution in [0, 0.1) is 0 Å². The maximum Gasteiger partial charge on any atom is 0.343 e. The van der Waals surface area contributed by atoms with E-state index < -0.39 is 5.97 Å². The molecule has 102 valence electrons. The fourth-order valence-corrected chi connectivity index (χ4v) is 3.28. The van der Waals surface area contributed by atoms with Gasteiger partial charge in [0.2, 0.25) is 0 Å². The molecular formula is C13H10BrN3O2S. The van der Waals surface area contributed by atoms with Gasteiger partial charge in [-0.15, -0.1) is 11.3 Å². The average molecular weight is 352 g/mol. The highest BCUT2D eigenvalue weighted by molar-refractivity contribution is 9.11. The van der Waals surface area contributed by atoms with Gasteiger partial charge in [-0.3, -0.25) is 0 Å². The summed E-state index contributed by atoms with van der Waals surface area (Å²) in [5, 5.41) is 4.25. The van der Waals surface area contributed by atoms with Gasteiger partial charge in [0.15, 0.2) is 5.65 Å². The van der Waals surface area contributed by atoms with Crippen molar-refractivity contribution in [1.29, 1.82) is 0 Å². The largest absolute Gasteiger partial charge is 0.462 e. The van der Waals surface area contributed by atoms with Crippen molar-refractivity contribution in [3.8, 4) is 10.6 Å². The Morgan fingerprint density at radius 2 is 2.30 bits per heavy atom. The second-order valence-electron chi connectivity index (χ2n) is 3.95. The first-order chi connectivity index (χ1) is 9.70. The Morgan fingerprint density at radius 3 is 3.00 bits per heavy atom. The molecule has 0 N–H and O–H groups in total. The lowest BCUT2D eigenvalue weighted by atomic mass is 10.3. The molecule has 5 nitrogen and oxygen atoms in total. The molecule has 0 fully saturated rings. The first-order valence-electron chi connectivity index (χ1n) is 5.96. The average Bonchev–Trinajstić information content (AvgIpc) is 3.04. The van der Waals surface area contributed by atoms with Crippen LogP contribution in [0.15, 0.2) is 34.4 Å². The minimum absolute atomic E-state index is 0.327. The van der Waals surface area contributed by atoms with Crippen LogP contribution in [0.2, 0.25) is 0 Å². The van der Waals surface area contributed by atoms with E-state index in [0.717, 1.165) is 14.4 Å². The van der Waals surface area contributed by atoms with Crippen LogP contribution in [0.3, 0.4) is 0 Å². The molecule has 0 aliphatic rings.